The first-order valence-electron chi connectivity index (χ1n) is 9.25. The number of hydrogen-bond donors (Lipinski definition) is 1. The summed E-state index contributed by atoms with van der Waals surface area (Å²) in [4.78, 5) is 20.7. The van der Waals surface area contributed by atoms with E-state index in [-0.39, 0.29) is 12.3 Å². The number of para-hydroxylation sites is 1. The average molecular weight is 491 g/mol. The van der Waals surface area contributed by atoms with Crippen molar-refractivity contribution in [1.82, 2.24) is 0 Å². The van der Waals surface area contributed by atoms with Crippen molar-refractivity contribution in [2.24, 2.45) is 5.10 Å². The number of methoxy groups -OCH3 is 1. The molecule has 0 heterocycles. The lowest BCUT2D eigenvalue weighted by Gasteiger charge is -2.13. The van der Waals surface area contributed by atoms with Crippen molar-refractivity contribution in [3.63, 3.8) is 0 Å². The lowest BCUT2D eigenvalue weighted by atomic mass is 10.2. The summed E-state index contributed by atoms with van der Waals surface area (Å²) in [6, 6.07) is 13.5. The van der Waals surface area contributed by atoms with Crippen LogP contribution in [0.5, 0.6) is 11.5 Å². The third-order valence-electron chi connectivity index (χ3n) is 4.37. The molecule has 3 rings (SSSR count). The molecule has 0 aliphatic carbocycles. The van der Waals surface area contributed by atoms with Crippen molar-refractivity contribution < 1.29 is 19.3 Å². The highest BCUT2D eigenvalue weighted by Gasteiger charge is 2.19. The summed E-state index contributed by atoms with van der Waals surface area (Å²) in [6.45, 7) is 0.166. The number of benzene rings is 3. The van der Waals surface area contributed by atoms with Gasteiger partial charge in [0, 0.05) is 11.6 Å². The fourth-order valence-corrected chi connectivity index (χ4v) is 3.11. The first kappa shape index (κ1) is 23.8. The Balaban J connectivity index is 1.83. The summed E-state index contributed by atoms with van der Waals surface area (Å²) in [7, 11) is 1.49. The molecule has 0 spiro atoms. The van der Waals surface area contributed by atoms with Gasteiger partial charge in [-0.15, -0.1) is 0 Å². The molecule has 0 amide bonds. The lowest BCUT2D eigenvalue weighted by Crippen LogP contribution is -2.02. The molecule has 170 valence electrons. The van der Waals surface area contributed by atoms with E-state index >= 15 is 0 Å². The quantitative estimate of drug-likeness (QED) is 0.226. The fraction of sp³-hybridized carbons (Fsp3) is 0.0952. The van der Waals surface area contributed by atoms with E-state index in [0.717, 1.165) is 17.7 Å². The van der Waals surface area contributed by atoms with Gasteiger partial charge in [0.1, 0.15) is 12.3 Å². The minimum absolute atomic E-state index is 0.0111. The molecular weight excluding hydrogens is 475 g/mol. The zero-order chi connectivity index (χ0) is 24.0. The Bertz CT molecular complexity index is 1240. The van der Waals surface area contributed by atoms with Crippen LogP contribution in [0.2, 0.25) is 10.0 Å². The topological polar surface area (TPSA) is 129 Å². The Hall–Kier alpha value is -3.89. The monoisotopic (exact) mass is 490 g/mol. The number of hydrazone groups is 1. The van der Waals surface area contributed by atoms with Crippen molar-refractivity contribution in [3.8, 4) is 11.5 Å². The van der Waals surface area contributed by atoms with Gasteiger partial charge in [-0.05, 0) is 35.9 Å². The molecule has 0 radical (unpaired) electrons. The third-order valence-corrected chi connectivity index (χ3v) is 5.11. The van der Waals surface area contributed by atoms with Crippen LogP contribution in [0, 0.1) is 20.2 Å². The molecule has 0 aliphatic heterocycles. The van der Waals surface area contributed by atoms with E-state index in [1.54, 1.807) is 36.4 Å². The first-order valence-corrected chi connectivity index (χ1v) is 10.0. The Kier molecular flexibility index (Phi) is 7.65. The molecule has 12 heteroatoms. The van der Waals surface area contributed by atoms with Crippen LogP contribution < -0.4 is 14.9 Å². The van der Waals surface area contributed by atoms with E-state index in [2.05, 4.69) is 10.5 Å². The smallest absolute Gasteiger partial charge is 0.301 e. The Labute approximate surface area is 197 Å². The summed E-state index contributed by atoms with van der Waals surface area (Å²) in [5.41, 5.74) is 2.94. The van der Waals surface area contributed by atoms with Crippen molar-refractivity contribution in [2.45, 2.75) is 6.61 Å². The molecule has 0 saturated carbocycles. The van der Waals surface area contributed by atoms with Gasteiger partial charge in [-0.2, -0.15) is 5.10 Å². The predicted octanol–water partition coefficient (Wildman–Crippen LogP) is 5.84. The lowest BCUT2D eigenvalue weighted by molar-refractivity contribution is -0.393. The Morgan fingerprint density at radius 1 is 1.03 bits per heavy atom. The Morgan fingerprint density at radius 2 is 1.82 bits per heavy atom. The van der Waals surface area contributed by atoms with Crippen LogP contribution in [0.3, 0.4) is 0 Å². The fourth-order valence-electron chi connectivity index (χ4n) is 2.79. The molecule has 0 bridgehead atoms. The number of nitrogens with zero attached hydrogens (tertiary/aromatic N) is 3. The van der Waals surface area contributed by atoms with Crippen molar-refractivity contribution in [2.75, 3.05) is 12.5 Å². The first-order chi connectivity index (χ1) is 15.8. The van der Waals surface area contributed by atoms with Crippen molar-refractivity contribution in [1.29, 1.82) is 0 Å². The van der Waals surface area contributed by atoms with E-state index in [1.165, 1.54) is 19.4 Å². The normalized spacial score (nSPS) is 10.8. The second kappa shape index (κ2) is 10.6. The number of non-ortho nitro benzene ring substituents is 1. The number of nitrogens with one attached hydrogen (secondary N) is 1. The second-order valence-corrected chi connectivity index (χ2v) is 7.32. The van der Waals surface area contributed by atoms with Crippen LogP contribution in [0.25, 0.3) is 0 Å². The standard InChI is InChI=1S/C21H16Cl2N4O6/c1-32-20-4-2-3-14(21(20)33-12-13-5-7-16(22)17(23)9-13)11-24-25-18-8-6-15(26(28)29)10-19(18)27(30)31/h2-11,25H,12H2,1H3/b24-11-. The SMILES string of the molecule is COc1cccc(/C=N\Nc2ccc([N+](=O)[O-])cc2[N+](=O)[O-])c1OCc1ccc(Cl)c(Cl)c1. The van der Waals surface area contributed by atoms with E-state index < -0.39 is 21.2 Å². The molecule has 0 saturated heterocycles. The molecule has 0 aromatic heterocycles. The van der Waals surface area contributed by atoms with Crippen LogP contribution in [-0.4, -0.2) is 23.2 Å². The molecule has 0 fully saturated rings. The molecule has 33 heavy (non-hydrogen) atoms. The van der Waals surface area contributed by atoms with Crippen LogP contribution in [0.1, 0.15) is 11.1 Å². The highest BCUT2D eigenvalue weighted by atomic mass is 35.5. The number of nitro groups is 2. The maximum Gasteiger partial charge on any atom is 0.301 e. The summed E-state index contributed by atoms with van der Waals surface area (Å²) >= 11 is 12.0. The van der Waals surface area contributed by atoms with Crippen molar-refractivity contribution in [3.05, 3.63) is 96.0 Å². The number of halogens is 2. The van der Waals surface area contributed by atoms with Gasteiger partial charge in [0.15, 0.2) is 11.5 Å². The summed E-state index contributed by atoms with van der Waals surface area (Å²) < 4.78 is 11.3. The van der Waals surface area contributed by atoms with E-state index in [4.69, 9.17) is 32.7 Å². The maximum absolute atomic E-state index is 11.3. The zero-order valence-electron chi connectivity index (χ0n) is 17.0. The van der Waals surface area contributed by atoms with Crippen LogP contribution in [0.15, 0.2) is 59.7 Å². The van der Waals surface area contributed by atoms with E-state index in [9.17, 15) is 20.2 Å². The number of hydrogen-bond acceptors (Lipinski definition) is 8. The van der Waals surface area contributed by atoms with E-state index in [1.807, 2.05) is 0 Å². The second-order valence-electron chi connectivity index (χ2n) is 6.50. The maximum atomic E-state index is 11.3. The van der Waals surface area contributed by atoms with Crippen LogP contribution >= 0.6 is 23.2 Å². The highest BCUT2D eigenvalue weighted by Crippen LogP contribution is 2.32. The van der Waals surface area contributed by atoms with Gasteiger partial charge in [-0.3, -0.25) is 25.7 Å². The molecule has 3 aromatic rings. The van der Waals surface area contributed by atoms with Crippen molar-refractivity contribution >= 4 is 46.5 Å². The van der Waals surface area contributed by atoms with Gasteiger partial charge in [0.2, 0.25) is 0 Å². The number of nitro benzene ring substituents is 2. The van der Waals surface area contributed by atoms with Gasteiger partial charge >= 0.3 is 5.69 Å². The van der Waals surface area contributed by atoms with Gasteiger partial charge in [-0.1, -0.05) is 35.3 Å². The van der Waals surface area contributed by atoms with Gasteiger partial charge < -0.3 is 9.47 Å². The molecule has 1 N–H and O–H groups in total. The molecule has 0 unspecified atom stereocenters. The molecule has 10 nitrogen and oxygen atoms in total. The molecule has 0 atom stereocenters. The average Bonchev–Trinajstić information content (AvgIpc) is 2.80. The molecule has 0 aliphatic rings. The van der Waals surface area contributed by atoms with E-state index in [0.29, 0.717) is 27.1 Å². The number of ether oxygens (including phenoxy) is 2. The van der Waals surface area contributed by atoms with Crippen LogP contribution in [-0.2, 0) is 6.61 Å². The summed E-state index contributed by atoms with van der Waals surface area (Å²) in [6.07, 6.45) is 1.39. The summed E-state index contributed by atoms with van der Waals surface area (Å²) in [5.74, 6) is 0.829. The van der Waals surface area contributed by atoms with Gasteiger partial charge in [0.05, 0.1) is 39.3 Å². The minimum Gasteiger partial charge on any atom is -0.493 e. The summed E-state index contributed by atoms with van der Waals surface area (Å²) in [5, 5.41) is 27.0. The van der Waals surface area contributed by atoms with Gasteiger partial charge in [-0.25, -0.2) is 0 Å². The minimum atomic E-state index is -0.734. The number of rotatable bonds is 9. The largest absolute Gasteiger partial charge is 0.493 e. The third kappa shape index (κ3) is 5.88. The zero-order valence-corrected chi connectivity index (χ0v) is 18.5. The Morgan fingerprint density at radius 3 is 2.48 bits per heavy atom. The van der Waals surface area contributed by atoms with Crippen LogP contribution in [0.4, 0.5) is 17.1 Å². The number of anilines is 1. The predicted molar refractivity (Wildman–Crippen MR) is 125 cm³/mol. The highest BCUT2D eigenvalue weighted by molar-refractivity contribution is 6.42. The van der Waals surface area contributed by atoms with Gasteiger partial charge in [0.25, 0.3) is 5.69 Å². The molecule has 3 aromatic carbocycles. The molecular formula is C21H16Cl2N4O6.